The zero-order chi connectivity index (χ0) is 16.5. The summed E-state index contributed by atoms with van der Waals surface area (Å²) in [7, 11) is 0. The number of amides is 1. The van der Waals surface area contributed by atoms with Crippen LogP contribution in [0.4, 0.5) is 4.39 Å². The first-order chi connectivity index (χ1) is 11.1. The van der Waals surface area contributed by atoms with Crippen LogP contribution >= 0.6 is 12.2 Å². The number of carbonyl (C=O) groups is 1. The second-order valence-electron chi connectivity index (χ2n) is 4.59. The molecule has 0 aliphatic rings. The summed E-state index contributed by atoms with van der Waals surface area (Å²) in [6.07, 6.45) is 0. The van der Waals surface area contributed by atoms with Gasteiger partial charge in [-0.3, -0.25) is 15.6 Å². The number of rotatable bonds is 5. The molecule has 2 rings (SSSR count). The summed E-state index contributed by atoms with van der Waals surface area (Å²) in [4.78, 5) is 11.6. The molecule has 0 saturated carbocycles. The topological polar surface area (TPSA) is 62.4 Å². The summed E-state index contributed by atoms with van der Waals surface area (Å²) < 4.78 is 18.1. The van der Waals surface area contributed by atoms with Gasteiger partial charge in [-0.1, -0.05) is 36.4 Å². The Morgan fingerprint density at radius 2 is 1.87 bits per heavy atom. The predicted octanol–water partition coefficient (Wildman–Crippen LogP) is 1.90. The van der Waals surface area contributed by atoms with E-state index in [9.17, 15) is 9.18 Å². The molecule has 0 heterocycles. The number of carbonyl (C=O) groups excluding carboxylic acids is 1. The van der Waals surface area contributed by atoms with E-state index in [-0.39, 0.29) is 17.5 Å². The van der Waals surface area contributed by atoms with Gasteiger partial charge in [0.05, 0.1) is 0 Å². The van der Waals surface area contributed by atoms with Gasteiger partial charge < -0.3 is 10.1 Å². The lowest BCUT2D eigenvalue weighted by Gasteiger charge is -2.12. The van der Waals surface area contributed by atoms with Gasteiger partial charge in [0.2, 0.25) is 0 Å². The van der Waals surface area contributed by atoms with Crippen molar-refractivity contribution in [3.63, 3.8) is 0 Å². The molecule has 23 heavy (non-hydrogen) atoms. The minimum absolute atomic E-state index is 0.252. The van der Waals surface area contributed by atoms with Crippen molar-refractivity contribution >= 4 is 23.2 Å². The molecular weight excluding hydrogens is 317 g/mol. The van der Waals surface area contributed by atoms with Crippen molar-refractivity contribution in [1.82, 2.24) is 16.2 Å². The van der Waals surface area contributed by atoms with E-state index in [0.29, 0.717) is 6.54 Å². The lowest BCUT2D eigenvalue weighted by molar-refractivity contribution is -0.123. The van der Waals surface area contributed by atoms with Crippen LogP contribution < -0.4 is 20.9 Å². The van der Waals surface area contributed by atoms with Crippen molar-refractivity contribution < 1.29 is 13.9 Å². The van der Waals surface area contributed by atoms with Crippen LogP contribution in [0.1, 0.15) is 5.56 Å². The molecular formula is C16H16FN3O2S. The van der Waals surface area contributed by atoms with Gasteiger partial charge in [0.25, 0.3) is 5.91 Å². The maximum Gasteiger partial charge on any atom is 0.276 e. The smallest absolute Gasteiger partial charge is 0.276 e. The van der Waals surface area contributed by atoms with Gasteiger partial charge in [-0.25, -0.2) is 4.39 Å². The molecule has 0 atom stereocenters. The van der Waals surface area contributed by atoms with E-state index in [1.807, 2.05) is 30.3 Å². The van der Waals surface area contributed by atoms with E-state index in [1.165, 1.54) is 18.2 Å². The number of thiocarbonyl (C=S) groups is 1. The molecule has 2 aromatic rings. The molecule has 1 amide bonds. The standard InChI is InChI=1S/C16H16FN3O2S/c17-13-7-4-8-14(9-13)22-11-15(21)19-20-16(23)18-10-12-5-2-1-3-6-12/h1-9H,10-11H2,(H,19,21)(H2,18,20,23). The molecule has 0 aliphatic carbocycles. The Morgan fingerprint density at radius 3 is 2.61 bits per heavy atom. The molecule has 0 spiro atoms. The largest absolute Gasteiger partial charge is 0.484 e. The molecule has 0 bridgehead atoms. The Hall–Kier alpha value is -2.67. The average molecular weight is 333 g/mol. The average Bonchev–Trinajstić information content (AvgIpc) is 2.57. The first kappa shape index (κ1) is 16.7. The van der Waals surface area contributed by atoms with E-state index in [1.54, 1.807) is 6.07 Å². The Kier molecular flexibility index (Phi) is 6.31. The monoisotopic (exact) mass is 333 g/mol. The Labute approximate surface area is 138 Å². The quantitative estimate of drug-likeness (QED) is 0.576. The summed E-state index contributed by atoms with van der Waals surface area (Å²) in [6, 6.07) is 15.3. The lowest BCUT2D eigenvalue weighted by atomic mass is 10.2. The van der Waals surface area contributed by atoms with Crippen LogP contribution in [0.2, 0.25) is 0 Å². The fourth-order valence-electron chi connectivity index (χ4n) is 1.69. The normalized spacial score (nSPS) is 9.78. The van der Waals surface area contributed by atoms with Gasteiger partial charge in [-0.15, -0.1) is 0 Å². The molecule has 0 aliphatic heterocycles. The summed E-state index contributed by atoms with van der Waals surface area (Å²) in [5.74, 6) is -0.574. The zero-order valence-corrected chi connectivity index (χ0v) is 13.0. The van der Waals surface area contributed by atoms with Crippen LogP contribution in [0, 0.1) is 5.82 Å². The van der Waals surface area contributed by atoms with Gasteiger partial charge >= 0.3 is 0 Å². The Bertz CT molecular complexity index is 667. The highest BCUT2D eigenvalue weighted by Crippen LogP contribution is 2.11. The van der Waals surface area contributed by atoms with Crippen LogP contribution in [0.15, 0.2) is 54.6 Å². The van der Waals surface area contributed by atoms with E-state index >= 15 is 0 Å². The van der Waals surface area contributed by atoms with Crippen LogP contribution in [0.5, 0.6) is 5.75 Å². The molecule has 0 unspecified atom stereocenters. The van der Waals surface area contributed by atoms with Crippen LogP contribution in [-0.4, -0.2) is 17.6 Å². The van der Waals surface area contributed by atoms with Gasteiger partial charge in [-0.05, 0) is 29.9 Å². The molecule has 2 aromatic carbocycles. The third kappa shape index (κ3) is 6.31. The van der Waals surface area contributed by atoms with Crippen molar-refractivity contribution in [3.8, 4) is 5.75 Å². The number of hydrazine groups is 1. The number of halogens is 1. The molecule has 0 radical (unpaired) electrons. The molecule has 3 N–H and O–H groups in total. The highest BCUT2D eigenvalue weighted by atomic mass is 32.1. The van der Waals surface area contributed by atoms with E-state index < -0.39 is 11.7 Å². The van der Waals surface area contributed by atoms with Crippen molar-refractivity contribution in [3.05, 3.63) is 66.0 Å². The first-order valence-electron chi connectivity index (χ1n) is 6.88. The highest BCUT2D eigenvalue weighted by molar-refractivity contribution is 7.80. The number of ether oxygens (including phenoxy) is 1. The summed E-state index contributed by atoms with van der Waals surface area (Å²) in [6.45, 7) is 0.292. The van der Waals surface area contributed by atoms with Gasteiger partial charge in [-0.2, -0.15) is 0 Å². The van der Waals surface area contributed by atoms with Crippen LogP contribution in [0.3, 0.4) is 0 Å². The Morgan fingerprint density at radius 1 is 1.09 bits per heavy atom. The van der Waals surface area contributed by atoms with Crippen molar-refractivity contribution in [2.75, 3.05) is 6.61 Å². The molecule has 7 heteroatoms. The molecule has 0 saturated heterocycles. The van der Waals surface area contributed by atoms with E-state index in [4.69, 9.17) is 17.0 Å². The maximum absolute atomic E-state index is 13.0. The minimum Gasteiger partial charge on any atom is -0.484 e. The van der Waals surface area contributed by atoms with Crippen molar-refractivity contribution in [2.24, 2.45) is 0 Å². The second-order valence-corrected chi connectivity index (χ2v) is 5.00. The predicted molar refractivity (Wildman–Crippen MR) is 89.1 cm³/mol. The lowest BCUT2D eigenvalue weighted by Crippen LogP contribution is -2.48. The van der Waals surface area contributed by atoms with Gasteiger partial charge in [0, 0.05) is 12.6 Å². The molecule has 5 nitrogen and oxygen atoms in total. The van der Waals surface area contributed by atoms with Crippen LogP contribution in [0.25, 0.3) is 0 Å². The maximum atomic E-state index is 13.0. The Balaban J connectivity index is 1.64. The number of hydrogen-bond acceptors (Lipinski definition) is 3. The molecule has 120 valence electrons. The highest BCUT2D eigenvalue weighted by Gasteiger charge is 2.04. The van der Waals surface area contributed by atoms with Gasteiger partial charge in [0.15, 0.2) is 11.7 Å². The van der Waals surface area contributed by atoms with E-state index in [2.05, 4.69) is 16.2 Å². The minimum atomic E-state index is -0.432. The zero-order valence-electron chi connectivity index (χ0n) is 12.2. The number of nitrogens with one attached hydrogen (secondary N) is 3. The number of hydrogen-bond donors (Lipinski definition) is 3. The summed E-state index contributed by atoms with van der Waals surface area (Å²) >= 11 is 5.04. The summed E-state index contributed by atoms with van der Waals surface area (Å²) in [5, 5.41) is 3.24. The second kappa shape index (κ2) is 8.70. The van der Waals surface area contributed by atoms with E-state index in [0.717, 1.165) is 5.56 Å². The molecule has 0 fully saturated rings. The van der Waals surface area contributed by atoms with Crippen molar-refractivity contribution in [1.29, 1.82) is 0 Å². The third-order valence-electron chi connectivity index (χ3n) is 2.78. The SMILES string of the molecule is O=C(COc1cccc(F)c1)NNC(=S)NCc1ccccc1. The fourth-order valence-corrected chi connectivity index (χ4v) is 1.81. The van der Waals surface area contributed by atoms with Crippen LogP contribution in [-0.2, 0) is 11.3 Å². The van der Waals surface area contributed by atoms with Crippen molar-refractivity contribution in [2.45, 2.75) is 6.54 Å². The first-order valence-corrected chi connectivity index (χ1v) is 7.29. The molecule has 0 aromatic heterocycles. The third-order valence-corrected chi connectivity index (χ3v) is 3.02. The summed E-state index contributed by atoms with van der Waals surface area (Å²) in [5.41, 5.74) is 6.03. The number of benzene rings is 2. The fraction of sp³-hybridized carbons (Fsp3) is 0.125. The van der Waals surface area contributed by atoms with Gasteiger partial charge in [0.1, 0.15) is 11.6 Å².